The molecule has 1 saturated heterocycles. The van der Waals surface area contributed by atoms with Crippen LogP contribution in [0.25, 0.3) is 0 Å². The Labute approximate surface area is 287 Å². The Hall–Kier alpha value is -3.93. The highest BCUT2D eigenvalue weighted by Gasteiger charge is 2.47. The minimum absolute atomic E-state index is 0.0118. The number of benzene rings is 2. The average molecular weight is 687 g/mol. The van der Waals surface area contributed by atoms with E-state index in [1.165, 1.54) is 20.3 Å². The summed E-state index contributed by atoms with van der Waals surface area (Å²) in [4.78, 5) is 51.0. The number of aliphatic hydroxyl groups is 1. The van der Waals surface area contributed by atoms with Gasteiger partial charge in [-0.1, -0.05) is 81.8 Å². The Morgan fingerprint density at radius 1 is 1.02 bits per heavy atom. The number of hydrogen-bond donors (Lipinski definition) is 3. The number of ether oxygens (including phenoxy) is 4. The van der Waals surface area contributed by atoms with Crippen LogP contribution in [-0.4, -0.2) is 74.0 Å². The maximum absolute atomic E-state index is 13.2. The molecule has 7 atom stereocenters. The molecule has 1 heterocycles. The van der Waals surface area contributed by atoms with Gasteiger partial charge in [-0.05, 0) is 41.7 Å². The van der Waals surface area contributed by atoms with Gasteiger partial charge in [0, 0.05) is 25.3 Å². The number of epoxide rings is 1. The molecule has 0 bridgehead atoms. The van der Waals surface area contributed by atoms with Gasteiger partial charge in [0.1, 0.15) is 24.0 Å². The monoisotopic (exact) mass is 686 g/mol. The fourth-order valence-corrected chi connectivity index (χ4v) is 5.54. The first kappa shape index (κ1) is 38.5. The standard InChI is InChI=1S/C36H47ClN2O9/c1-21(2)17-28(40)36(44)47-29(23(4)32-33(48-32)25-11-8-7-9-12-25)13-10-14-31(41)39-27(34(42)38-20-22(3)35(43)46-6)19-24-15-16-30(45-5)26(37)18-24/h7-12,14-16,18,21-23,27-29,32-33,40H,13,17,19-20H2,1-6H3,(H,38,42)(H,39,41)/t22-,23+,27+,28+,29+,32-,33-/m1/s1. The largest absolute Gasteiger partial charge is 0.495 e. The summed E-state index contributed by atoms with van der Waals surface area (Å²) in [5.41, 5.74) is 1.68. The Bertz CT molecular complexity index is 1420. The molecule has 0 unspecified atom stereocenters. The lowest BCUT2D eigenvalue weighted by Crippen LogP contribution is -2.49. The van der Waals surface area contributed by atoms with Crippen molar-refractivity contribution in [3.05, 3.63) is 76.8 Å². The minimum atomic E-state index is -1.27. The third kappa shape index (κ3) is 11.6. The van der Waals surface area contributed by atoms with Gasteiger partial charge in [0.05, 0.1) is 31.3 Å². The first-order chi connectivity index (χ1) is 22.8. The zero-order chi connectivity index (χ0) is 35.4. The van der Waals surface area contributed by atoms with Crippen LogP contribution in [0.3, 0.4) is 0 Å². The van der Waals surface area contributed by atoms with Crippen LogP contribution in [0.2, 0.25) is 5.02 Å². The fourth-order valence-electron chi connectivity index (χ4n) is 5.26. The lowest BCUT2D eigenvalue weighted by molar-refractivity contribution is -0.162. The number of amides is 2. The van der Waals surface area contributed by atoms with Crippen molar-refractivity contribution in [1.82, 2.24) is 10.6 Å². The van der Waals surface area contributed by atoms with Crippen LogP contribution in [0.5, 0.6) is 5.75 Å². The second kappa shape index (κ2) is 18.6. The van der Waals surface area contributed by atoms with E-state index in [0.29, 0.717) is 16.3 Å². The molecular weight excluding hydrogens is 640 g/mol. The van der Waals surface area contributed by atoms with Gasteiger partial charge in [-0.15, -0.1) is 0 Å². The van der Waals surface area contributed by atoms with Crippen molar-refractivity contribution in [1.29, 1.82) is 0 Å². The van der Waals surface area contributed by atoms with Gasteiger partial charge < -0.3 is 34.7 Å². The van der Waals surface area contributed by atoms with Crippen molar-refractivity contribution < 1.29 is 43.2 Å². The number of carbonyl (C=O) groups excluding carboxylic acids is 4. The van der Waals surface area contributed by atoms with Gasteiger partial charge in [0.15, 0.2) is 6.10 Å². The summed E-state index contributed by atoms with van der Waals surface area (Å²) in [6.45, 7) is 7.34. The van der Waals surface area contributed by atoms with E-state index in [-0.39, 0.29) is 49.9 Å². The highest BCUT2D eigenvalue weighted by Crippen LogP contribution is 2.45. The molecule has 11 nitrogen and oxygen atoms in total. The maximum Gasteiger partial charge on any atom is 0.335 e. The molecule has 3 rings (SSSR count). The highest BCUT2D eigenvalue weighted by atomic mass is 35.5. The topological polar surface area (TPSA) is 153 Å². The number of rotatable bonds is 18. The van der Waals surface area contributed by atoms with Gasteiger partial charge in [0.25, 0.3) is 0 Å². The van der Waals surface area contributed by atoms with Crippen molar-refractivity contribution in [2.75, 3.05) is 20.8 Å². The zero-order valence-corrected chi connectivity index (χ0v) is 29.1. The number of hydrogen-bond acceptors (Lipinski definition) is 9. The SMILES string of the molecule is COC(=O)[C@H](C)CNC(=O)[C@H](Cc1ccc(OC)c(Cl)c1)NC(=O)C=CC[C@H](OC(=O)[C@@H](O)CC(C)C)[C@H](C)[C@H]1O[C@@H]1c1ccccc1. The first-order valence-electron chi connectivity index (χ1n) is 16.1. The summed E-state index contributed by atoms with van der Waals surface area (Å²) in [5.74, 6) is -2.57. The summed E-state index contributed by atoms with van der Waals surface area (Å²) in [6.07, 6.45) is 1.04. The van der Waals surface area contributed by atoms with E-state index in [4.69, 9.17) is 30.5 Å². The number of halogens is 1. The molecule has 2 amide bonds. The van der Waals surface area contributed by atoms with Gasteiger partial charge in [-0.3, -0.25) is 14.4 Å². The summed E-state index contributed by atoms with van der Waals surface area (Å²) >= 11 is 6.29. The summed E-state index contributed by atoms with van der Waals surface area (Å²) < 4.78 is 21.7. The first-order valence-corrected chi connectivity index (χ1v) is 16.5. The molecule has 262 valence electrons. The van der Waals surface area contributed by atoms with Crippen LogP contribution in [0.1, 0.15) is 57.8 Å². The van der Waals surface area contributed by atoms with Crippen molar-refractivity contribution in [2.24, 2.45) is 17.8 Å². The highest BCUT2D eigenvalue weighted by molar-refractivity contribution is 6.32. The quantitative estimate of drug-likeness (QED) is 0.118. The Morgan fingerprint density at radius 3 is 2.35 bits per heavy atom. The van der Waals surface area contributed by atoms with Crippen molar-refractivity contribution in [3.8, 4) is 5.75 Å². The lowest BCUT2D eigenvalue weighted by Gasteiger charge is -2.24. The van der Waals surface area contributed by atoms with Gasteiger partial charge in [-0.2, -0.15) is 0 Å². The molecule has 3 N–H and O–H groups in total. The van der Waals surface area contributed by atoms with Crippen molar-refractivity contribution in [3.63, 3.8) is 0 Å². The van der Waals surface area contributed by atoms with Gasteiger partial charge in [-0.25, -0.2) is 4.79 Å². The van der Waals surface area contributed by atoms with Gasteiger partial charge in [0.2, 0.25) is 11.8 Å². The van der Waals surface area contributed by atoms with E-state index in [1.54, 1.807) is 31.2 Å². The molecule has 1 aliphatic heterocycles. The molecule has 0 radical (unpaired) electrons. The smallest absolute Gasteiger partial charge is 0.335 e. The third-order valence-electron chi connectivity index (χ3n) is 8.11. The lowest BCUT2D eigenvalue weighted by atomic mass is 9.93. The van der Waals surface area contributed by atoms with Crippen molar-refractivity contribution in [2.45, 2.75) is 77.4 Å². The molecule has 48 heavy (non-hydrogen) atoms. The van der Waals surface area contributed by atoms with E-state index in [1.807, 2.05) is 51.1 Å². The van der Waals surface area contributed by atoms with Crippen LogP contribution < -0.4 is 15.4 Å². The summed E-state index contributed by atoms with van der Waals surface area (Å²) in [7, 11) is 2.76. The van der Waals surface area contributed by atoms with Crippen LogP contribution in [-0.2, 0) is 39.8 Å². The minimum Gasteiger partial charge on any atom is -0.495 e. The number of aliphatic hydroxyl groups excluding tert-OH is 1. The zero-order valence-electron chi connectivity index (χ0n) is 28.3. The van der Waals surface area contributed by atoms with Gasteiger partial charge >= 0.3 is 11.9 Å². The van der Waals surface area contributed by atoms with Crippen LogP contribution >= 0.6 is 11.6 Å². The molecular formula is C36H47ClN2O9. The maximum atomic E-state index is 13.2. The number of carbonyl (C=O) groups is 4. The molecule has 0 spiro atoms. The molecule has 0 saturated carbocycles. The second-order valence-corrected chi connectivity index (χ2v) is 12.9. The Kier molecular flexibility index (Phi) is 14.9. The number of esters is 2. The van der Waals surface area contributed by atoms with E-state index in [2.05, 4.69) is 10.6 Å². The van der Waals surface area contributed by atoms with Crippen LogP contribution in [0.4, 0.5) is 0 Å². The van der Waals surface area contributed by atoms with E-state index >= 15 is 0 Å². The predicted octanol–water partition coefficient (Wildman–Crippen LogP) is 4.34. The van der Waals surface area contributed by atoms with Crippen LogP contribution in [0, 0.1) is 17.8 Å². The number of nitrogens with one attached hydrogen (secondary N) is 2. The van der Waals surface area contributed by atoms with E-state index in [0.717, 1.165) is 5.56 Å². The molecule has 12 heteroatoms. The molecule has 2 aromatic carbocycles. The number of methoxy groups -OCH3 is 2. The molecule has 0 aliphatic carbocycles. The van der Waals surface area contributed by atoms with E-state index in [9.17, 15) is 24.3 Å². The van der Waals surface area contributed by atoms with Crippen LogP contribution in [0.15, 0.2) is 60.7 Å². The fraction of sp³-hybridized carbons (Fsp3) is 0.500. The van der Waals surface area contributed by atoms with E-state index < -0.39 is 47.9 Å². The average Bonchev–Trinajstić information content (AvgIpc) is 3.87. The predicted molar refractivity (Wildman–Crippen MR) is 180 cm³/mol. The molecule has 2 aromatic rings. The summed E-state index contributed by atoms with van der Waals surface area (Å²) in [6, 6.07) is 13.8. The normalized spacial score (nSPS) is 18.7. The molecule has 1 fully saturated rings. The second-order valence-electron chi connectivity index (χ2n) is 12.5. The Balaban J connectivity index is 1.72. The summed E-state index contributed by atoms with van der Waals surface area (Å²) in [5, 5.41) is 16.2. The Morgan fingerprint density at radius 2 is 1.73 bits per heavy atom. The molecule has 1 aliphatic rings. The molecule has 0 aromatic heterocycles. The van der Waals surface area contributed by atoms with Crippen molar-refractivity contribution >= 4 is 35.4 Å². The third-order valence-corrected chi connectivity index (χ3v) is 8.40.